The van der Waals surface area contributed by atoms with Gasteiger partial charge in [-0.2, -0.15) is 0 Å². The molecule has 33 heavy (non-hydrogen) atoms. The Balaban J connectivity index is 1.57. The molecular weight excluding hydrogens is 485 g/mol. The van der Waals surface area contributed by atoms with Crippen molar-refractivity contribution in [1.82, 2.24) is 4.90 Å². The molecule has 1 fully saturated rings. The summed E-state index contributed by atoms with van der Waals surface area (Å²) in [6.45, 7) is 8.49. The van der Waals surface area contributed by atoms with E-state index in [2.05, 4.69) is 10.2 Å². The average molecular weight is 513 g/mol. The van der Waals surface area contributed by atoms with Crippen molar-refractivity contribution >= 4 is 58.0 Å². The molecule has 0 aromatic heterocycles. The standard InChI is InChI=1S/C24H28Cl3N3O3/c1-15(2)12-23(31)30-10-8-29(9-11-30)21-6-5-18(14-19(21)26)28-24(32)16(3)33-22-7-4-17(25)13-20(22)27/h4-7,13-16H,8-12H2,1-3H3,(H,28,32)/t16-/m1/s1. The lowest BCUT2D eigenvalue weighted by Gasteiger charge is -2.37. The van der Waals surface area contributed by atoms with Crippen molar-refractivity contribution in [1.29, 1.82) is 0 Å². The van der Waals surface area contributed by atoms with Gasteiger partial charge in [0.25, 0.3) is 5.91 Å². The van der Waals surface area contributed by atoms with Gasteiger partial charge in [0.1, 0.15) is 5.75 Å². The van der Waals surface area contributed by atoms with Crippen LogP contribution in [-0.2, 0) is 9.59 Å². The Morgan fingerprint density at radius 3 is 2.27 bits per heavy atom. The number of ether oxygens (including phenoxy) is 1. The minimum absolute atomic E-state index is 0.199. The number of amides is 2. The van der Waals surface area contributed by atoms with E-state index in [-0.39, 0.29) is 11.8 Å². The number of hydrogen-bond donors (Lipinski definition) is 1. The van der Waals surface area contributed by atoms with Crippen LogP contribution in [-0.4, -0.2) is 49.0 Å². The minimum Gasteiger partial charge on any atom is -0.479 e. The summed E-state index contributed by atoms with van der Waals surface area (Å²) < 4.78 is 5.66. The monoisotopic (exact) mass is 511 g/mol. The third kappa shape index (κ3) is 6.92. The van der Waals surface area contributed by atoms with Crippen molar-refractivity contribution < 1.29 is 14.3 Å². The first-order chi connectivity index (χ1) is 15.6. The second kappa shape index (κ2) is 11.3. The van der Waals surface area contributed by atoms with E-state index < -0.39 is 6.10 Å². The van der Waals surface area contributed by atoms with E-state index in [4.69, 9.17) is 39.5 Å². The van der Waals surface area contributed by atoms with Crippen molar-refractivity contribution in [3.63, 3.8) is 0 Å². The SMILES string of the molecule is CC(C)CC(=O)N1CCN(c2ccc(NC(=O)[C@@H](C)Oc3ccc(Cl)cc3Cl)cc2Cl)CC1. The minimum atomic E-state index is -0.779. The van der Waals surface area contributed by atoms with Gasteiger partial charge in [-0.3, -0.25) is 9.59 Å². The first kappa shape index (κ1) is 25.5. The number of carbonyl (C=O) groups is 2. The summed E-state index contributed by atoms with van der Waals surface area (Å²) in [4.78, 5) is 28.9. The molecule has 1 heterocycles. The number of rotatable bonds is 7. The van der Waals surface area contributed by atoms with E-state index >= 15 is 0 Å². The van der Waals surface area contributed by atoms with Crippen LogP contribution in [0.25, 0.3) is 0 Å². The predicted molar refractivity (Wildman–Crippen MR) is 135 cm³/mol. The number of piperazine rings is 1. The first-order valence-electron chi connectivity index (χ1n) is 10.9. The molecule has 6 nitrogen and oxygen atoms in total. The Labute approximate surface area is 209 Å². The molecule has 0 aliphatic carbocycles. The maximum Gasteiger partial charge on any atom is 0.265 e. The molecule has 178 valence electrons. The van der Waals surface area contributed by atoms with Gasteiger partial charge in [-0.1, -0.05) is 48.7 Å². The summed E-state index contributed by atoms with van der Waals surface area (Å²) in [6, 6.07) is 10.2. The van der Waals surface area contributed by atoms with Crippen LogP contribution < -0.4 is 15.0 Å². The van der Waals surface area contributed by atoms with Gasteiger partial charge in [0, 0.05) is 43.3 Å². The topological polar surface area (TPSA) is 61.9 Å². The van der Waals surface area contributed by atoms with Crippen LogP contribution in [0.2, 0.25) is 15.1 Å². The van der Waals surface area contributed by atoms with Crippen LogP contribution in [0.3, 0.4) is 0 Å². The third-order valence-electron chi connectivity index (χ3n) is 5.34. The van der Waals surface area contributed by atoms with E-state index in [0.29, 0.717) is 65.0 Å². The lowest BCUT2D eigenvalue weighted by atomic mass is 10.1. The molecule has 0 unspecified atom stereocenters. The van der Waals surface area contributed by atoms with Gasteiger partial charge in [-0.25, -0.2) is 0 Å². The molecule has 1 saturated heterocycles. The van der Waals surface area contributed by atoms with Gasteiger partial charge in [-0.15, -0.1) is 0 Å². The molecule has 2 aromatic rings. The maximum absolute atomic E-state index is 12.6. The highest BCUT2D eigenvalue weighted by atomic mass is 35.5. The molecule has 1 aliphatic heterocycles. The summed E-state index contributed by atoms with van der Waals surface area (Å²) in [6.07, 6.45) is -0.208. The van der Waals surface area contributed by atoms with Crippen molar-refractivity contribution in [3.8, 4) is 5.75 Å². The molecule has 2 amide bonds. The Bertz CT molecular complexity index is 1010. The second-order valence-corrected chi connectivity index (χ2v) is 9.71. The molecule has 1 aliphatic rings. The summed E-state index contributed by atoms with van der Waals surface area (Å²) >= 11 is 18.5. The lowest BCUT2D eigenvalue weighted by Crippen LogP contribution is -2.49. The Morgan fingerprint density at radius 1 is 0.970 bits per heavy atom. The zero-order valence-electron chi connectivity index (χ0n) is 18.9. The molecular formula is C24H28Cl3N3O3. The quantitative estimate of drug-likeness (QED) is 0.513. The molecule has 1 atom stereocenters. The molecule has 9 heteroatoms. The summed E-state index contributed by atoms with van der Waals surface area (Å²) in [5.41, 5.74) is 1.44. The van der Waals surface area contributed by atoms with Crippen molar-refractivity contribution in [2.45, 2.75) is 33.3 Å². The molecule has 0 bridgehead atoms. The van der Waals surface area contributed by atoms with Crippen LogP contribution in [0.1, 0.15) is 27.2 Å². The van der Waals surface area contributed by atoms with Crippen LogP contribution in [0, 0.1) is 5.92 Å². The van der Waals surface area contributed by atoms with Gasteiger partial charge in [0.15, 0.2) is 6.10 Å². The van der Waals surface area contributed by atoms with Gasteiger partial charge in [-0.05, 0) is 49.2 Å². The third-order valence-corrected chi connectivity index (χ3v) is 6.17. The highest BCUT2D eigenvalue weighted by molar-refractivity contribution is 6.35. The van der Waals surface area contributed by atoms with Crippen LogP contribution in [0.15, 0.2) is 36.4 Å². The predicted octanol–water partition coefficient (Wildman–Crippen LogP) is 5.75. The van der Waals surface area contributed by atoms with Crippen LogP contribution in [0.4, 0.5) is 11.4 Å². The molecule has 0 saturated carbocycles. The zero-order valence-corrected chi connectivity index (χ0v) is 21.2. The van der Waals surface area contributed by atoms with E-state index in [1.54, 1.807) is 37.3 Å². The number of nitrogens with zero attached hydrogens (tertiary/aromatic N) is 2. The Kier molecular flexibility index (Phi) is 8.74. The molecule has 0 spiro atoms. The van der Waals surface area contributed by atoms with Gasteiger partial charge < -0.3 is 19.9 Å². The Hall–Kier alpha value is -2.15. The largest absolute Gasteiger partial charge is 0.479 e. The van der Waals surface area contributed by atoms with Crippen molar-refractivity contribution in [2.24, 2.45) is 5.92 Å². The van der Waals surface area contributed by atoms with E-state index in [9.17, 15) is 9.59 Å². The smallest absolute Gasteiger partial charge is 0.265 e. The number of hydrogen-bond acceptors (Lipinski definition) is 4. The maximum atomic E-state index is 12.6. The normalized spacial score (nSPS) is 14.9. The fraction of sp³-hybridized carbons (Fsp3) is 0.417. The fourth-order valence-corrected chi connectivity index (χ4v) is 4.33. The summed E-state index contributed by atoms with van der Waals surface area (Å²) in [5, 5.41) is 4.17. The molecule has 3 rings (SSSR count). The van der Waals surface area contributed by atoms with Gasteiger partial charge >= 0.3 is 0 Å². The highest BCUT2D eigenvalue weighted by Crippen LogP contribution is 2.31. The van der Waals surface area contributed by atoms with Crippen LogP contribution in [0.5, 0.6) is 5.75 Å². The average Bonchev–Trinajstić information content (AvgIpc) is 2.75. The second-order valence-electron chi connectivity index (χ2n) is 8.46. The van der Waals surface area contributed by atoms with E-state index in [1.807, 2.05) is 24.8 Å². The number of halogens is 3. The van der Waals surface area contributed by atoms with Crippen molar-refractivity contribution in [2.75, 3.05) is 36.4 Å². The Morgan fingerprint density at radius 2 is 1.67 bits per heavy atom. The number of anilines is 2. The van der Waals surface area contributed by atoms with Gasteiger partial charge in [0.05, 0.1) is 15.7 Å². The number of nitrogens with one attached hydrogen (secondary N) is 1. The summed E-state index contributed by atoms with van der Waals surface area (Å²) in [7, 11) is 0. The molecule has 2 aromatic carbocycles. The fourth-order valence-electron chi connectivity index (χ4n) is 3.57. The van der Waals surface area contributed by atoms with E-state index in [1.165, 1.54) is 0 Å². The van der Waals surface area contributed by atoms with Gasteiger partial charge in [0.2, 0.25) is 5.91 Å². The highest BCUT2D eigenvalue weighted by Gasteiger charge is 2.23. The zero-order chi connectivity index (χ0) is 24.1. The van der Waals surface area contributed by atoms with Crippen molar-refractivity contribution in [3.05, 3.63) is 51.5 Å². The first-order valence-corrected chi connectivity index (χ1v) is 12.0. The number of benzene rings is 2. The number of carbonyl (C=O) groups excluding carboxylic acids is 2. The molecule has 1 N–H and O–H groups in total. The van der Waals surface area contributed by atoms with Crippen LogP contribution >= 0.6 is 34.8 Å². The lowest BCUT2D eigenvalue weighted by molar-refractivity contribution is -0.132. The van der Waals surface area contributed by atoms with E-state index in [0.717, 1.165) is 5.69 Å². The summed E-state index contributed by atoms with van der Waals surface area (Å²) in [5.74, 6) is 0.597. The molecule has 0 radical (unpaired) electrons.